The molecule has 0 aliphatic rings. The second kappa shape index (κ2) is 15.8. The summed E-state index contributed by atoms with van der Waals surface area (Å²) in [5, 5.41) is 3.48. The number of halogens is 1. The van der Waals surface area contributed by atoms with Gasteiger partial charge in [-0.2, -0.15) is 12.6 Å². The minimum absolute atomic E-state index is 0.00488. The van der Waals surface area contributed by atoms with E-state index in [9.17, 15) is 22.8 Å². The van der Waals surface area contributed by atoms with Crippen molar-refractivity contribution in [3.05, 3.63) is 88.9 Å². The SMILES string of the molecule is CCCC(=O)N(CCC(=O)NC[C@@H](S)Cc1cccc(Cl)c1)Cc1ccc(-c2ccccc2S(=O)(=O)NC(C)=O)cc1. The average Bonchev–Trinajstić information content (AvgIpc) is 2.94. The molecule has 0 saturated heterocycles. The molecule has 8 nitrogen and oxygen atoms in total. The van der Waals surface area contributed by atoms with E-state index in [-0.39, 0.29) is 34.9 Å². The van der Waals surface area contributed by atoms with Crippen LogP contribution in [0.25, 0.3) is 11.1 Å². The maximum Gasteiger partial charge on any atom is 0.264 e. The quantitative estimate of drug-likeness (QED) is 0.217. The molecule has 2 N–H and O–H groups in total. The molecule has 3 aromatic rings. The Hall–Kier alpha value is -3.34. The summed E-state index contributed by atoms with van der Waals surface area (Å²) in [4.78, 5) is 38.5. The largest absolute Gasteiger partial charge is 0.355 e. The van der Waals surface area contributed by atoms with Gasteiger partial charge in [0.25, 0.3) is 10.0 Å². The number of nitrogens with zero attached hydrogens (tertiary/aromatic N) is 1. The van der Waals surface area contributed by atoms with Crippen LogP contribution >= 0.6 is 24.2 Å². The molecule has 0 unspecified atom stereocenters. The standard InChI is InChI=1S/C31H36ClN3O5S2/c1-3-7-31(38)35(17-16-30(37)33-20-27(41)19-24-8-6-9-26(32)18-24)21-23-12-14-25(15-13-23)28-10-4-5-11-29(28)42(39,40)34-22(2)36/h4-6,8-15,18,27,41H,3,7,16-17,19-21H2,1-2H3,(H,33,37)(H,34,36)/t27-/m0/s1. The predicted octanol–water partition coefficient (Wildman–Crippen LogP) is 5.01. The molecule has 0 aliphatic heterocycles. The van der Waals surface area contributed by atoms with Crippen LogP contribution < -0.4 is 10.0 Å². The number of amides is 3. The number of nitrogens with one attached hydrogen (secondary N) is 2. The van der Waals surface area contributed by atoms with Crippen LogP contribution in [0.3, 0.4) is 0 Å². The van der Waals surface area contributed by atoms with Gasteiger partial charge in [0.05, 0.1) is 4.90 Å². The molecule has 11 heteroatoms. The van der Waals surface area contributed by atoms with E-state index >= 15 is 0 Å². The average molecular weight is 630 g/mol. The highest BCUT2D eigenvalue weighted by Crippen LogP contribution is 2.28. The van der Waals surface area contributed by atoms with E-state index in [4.69, 9.17) is 11.6 Å². The number of sulfonamides is 1. The van der Waals surface area contributed by atoms with Gasteiger partial charge in [0.1, 0.15) is 0 Å². The first-order valence-corrected chi connectivity index (χ1v) is 16.0. The van der Waals surface area contributed by atoms with Crippen LogP contribution in [0.1, 0.15) is 44.2 Å². The van der Waals surface area contributed by atoms with Gasteiger partial charge in [-0.05, 0) is 47.7 Å². The minimum atomic E-state index is -4.03. The van der Waals surface area contributed by atoms with Crippen molar-refractivity contribution in [1.82, 2.24) is 14.9 Å². The summed E-state index contributed by atoms with van der Waals surface area (Å²) in [6.45, 7) is 4.02. The molecule has 3 aromatic carbocycles. The maximum absolute atomic E-state index is 12.9. The molecule has 0 fully saturated rings. The van der Waals surface area contributed by atoms with Crippen LogP contribution in [-0.2, 0) is 37.4 Å². The van der Waals surface area contributed by atoms with E-state index in [1.165, 1.54) is 6.07 Å². The van der Waals surface area contributed by atoms with Crippen LogP contribution in [-0.4, -0.2) is 49.4 Å². The topological polar surface area (TPSA) is 113 Å². The van der Waals surface area contributed by atoms with Crippen molar-refractivity contribution in [2.45, 2.75) is 56.2 Å². The fraction of sp³-hybridized carbons (Fsp3) is 0.323. The number of hydrogen-bond donors (Lipinski definition) is 3. The van der Waals surface area contributed by atoms with E-state index in [0.717, 1.165) is 18.1 Å². The lowest BCUT2D eigenvalue weighted by Gasteiger charge is -2.23. The van der Waals surface area contributed by atoms with Crippen LogP contribution in [0, 0.1) is 0 Å². The Morgan fingerprint density at radius 1 is 0.952 bits per heavy atom. The number of benzene rings is 3. The van der Waals surface area contributed by atoms with Crippen molar-refractivity contribution in [1.29, 1.82) is 0 Å². The van der Waals surface area contributed by atoms with Crippen molar-refractivity contribution in [3.63, 3.8) is 0 Å². The summed E-state index contributed by atoms with van der Waals surface area (Å²) in [6, 6.07) is 21.2. The van der Waals surface area contributed by atoms with Gasteiger partial charge in [0, 0.05) is 55.2 Å². The lowest BCUT2D eigenvalue weighted by Crippen LogP contribution is -2.36. The van der Waals surface area contributed by atoms with Crippen LogP contribution in [0.15, 0.2) is 77.7 Å². The molecule has 3 amide bonds. The number of thiol groups is 1. The second-order valence-corrected chi connectivity index (χ2v) is 12.8. The van der Waals surface area contributed by atoms with Gasteiger partial charge >= 0.3 is 0 Å². The smallest absolute Gasteiger partial charge is 0.264 e. The van der Waals surface area contributed by atoms with E-state index in [1.54, 1.807) is 35.2 Å². The minimum Gasteiger partial charge on any atom is -0.355 e. The predicted molar refractivity (Wildman–Crippen MR) is 169 cm³/mol. The highest BCUT2D eigenvalue weighted by molar-refractivity contribution is 7.90. The molecule has 1 atom stereocenters. The van der Waals surface area contributed by atoms with Gasteiger partial charge in [0.15, 0.2) is 0 Å². The zero-order chi connectivity index (χ0) is 30.7. The van der Waals surface area contributed by atoms with E-state index in [2.05, 4.69) is 17.9 Å². The fourth-order valence-corrected chi connectivity index (χ4v) is 6.16. The third kappa shape index (κ3) is 10.2. The lowest BCUT2D eigenvalue weighted by molar-refractivity contribution is -0.132. The van der Waals surface area contributed by atoms with Gasteiger partial charge in [-0.15, -0.1) is 0 Å². The van der Waals surface area contributed by atoms with E-state index in [1.807, 2.05) is 48.0 Å². The van der Waals surface area contributed by atoms with E-state index < -0.39 is 15.9 Å². The number of carbonyl (C=O) groups excluding carboxylic acids is 3. The van der Waals surface area contributed by atoms with Crippen molar-refractivity contribution >= 4 is 52.0 Å². The van der Waals surface area contributed by atoms with Gasteiger partial charge in [-0.3, -0.25) is 14.4 Å². The maximum atomic E-state index is 12.9. The van der Waals surface area contributed by atoms with Crippen LogP contribution in [0.4, 0.5) is 0 Å². The first-order chi connectivity index (χ1) is 20.0. The van der Waals surface area contributed by atoms with Crippen LogP contribution in [0.2, 0.25) is 5.02 Å². The second-order valence-electron chi connectivity index (χ2n) is 9.96. The third-order valence-electron chi connectivity index (χ3n) is 6.41. The third-order valence-corrected chi connectivity index (χ3v) is 8.51. The van der Waals surface area contributed by atoms with Crippen molar-refractivity contribution < 1.29 is 22.8 Å². The van der Waals surface area contributed by atoms with Gasteiger partial charge in [0.2, 0.25) is 17.7 Å². The van der Waals surface area contributed by atoms with Crippen LogP contribution in [0.5, 0.6) is 0 Å². The van der Waals surface area contributed by atoms with Crippen molar-refractivity contribution in [2.75, 3.05) is 13.1 Å². The molecular weight excluding hydrogens is 594 g/mol. The highest BCUT2D eigenvalue weighted by atomic mass is 35.5. The van der Waals surface area contributed by atoms with E-state index in [0.29, 0.717) is 48.5 Å². The molecule has 0 radical (unpaired) electrons. The molecule has 42 heavy (non-hydrogen) atoms. The fourth-order valence-electron chi connectivity index (χ4n) is 4.42. The Labute approximate surface area is 258 Å². The number of rotatable bonds is 14. The zero-order valence-electron chi connectivity index (χ0n) is 23.7. The Balaban J connectivity index is 1.63. The first-order valence-electron chi connectivity index (χ1n) is 13.7. The normalized spacial score (nSPS) is 11.9. The van der Waals surface area contributed by atoms with Gasteiger partial charge in [-0.1, -0.05) is 73.1 Å². The highest BCUT2D eigenvalue weighted by Gasteiger charge is 2.21. The molecule has 0 aromatic heterocycles. The molecule has 0 bridgehead atoms. The molecular formula is C31H36ClN3O5S2. The summed E-state index contributed by atoms with van der Waals surface area (Å²) in [7, 11) is -4.03. The molecule has 3 rings (SSSR count). The Morgan fingerprint density at radius 3 is 2.33 bits per heavy atom. The first kappa shape index (κ1) is 33.2. The van der Waals surface area contributed by atoms with Crippen molar-refractivity contribution in [3.8, 4) is 11.1 Å². The molecule has 0 heterocycles. The molecule has 0 spiro atoms. The monoisotopic (exact) mass is 629 g/mol. The zero-order valence-corrected chi connectivity index (χ0v) is 26.1. The summed E-state index contributed by atoms with van der Waals surface area (Å²) in [5.41, 5.74) is 2.97. The lowest BCUT2D eigenvalue weighted by atomic mass is 10.0. The van der Waals surface area contributed by atoms with Gasteiger partial charge in [-0.25, -0.2) is 13.1 Å². The summed E-state index contributed by atoms with van der Waals surface area (Å²) in [5.74, 6) is -0.885. The molecule has 0 saturated carbocycles. The number of hydrogen-bond acceptors (Lipinski definition) is 6. The number of carbonyl (C=O) groups is 3. The van der Waals surface area contributed by atoms with Gasteiger partial charge < -0.3 is 10.2 Å². The Kier molecular flexibility index (Phi) is 12.4. The summed E-state index contributed by atoms with van der Waals surface area (Å²) >= 11 is 10.6. The van der Waals surface area contributed by atoms with Crippen molar-refractivity contribution in [2.24, 2.45) is 0 Å². The Bertz CT molecular complexity index is 1500. The molecule has 0 aliphatic carbocycles. The summed E-state index contributed by atoms with van der Waals surface area (Å²) < 4.78 is 27.4. The Morgan fingerprint density at radius 2 is 1.67 bits per heavy atom. The molecule has 224 valence electrons. The summed E-state index contributed by atoms with van der Waals surface area (Å²) in [6.07, 6.45) is 1.86.